The van der Waals surface area contributed by atoms with Crippen LogP contribution in [-0.4, -0.2) is 32.3 Å². The predicted molar refractivity (Wildman–Crippen MR) is 108 cm³/mol. The van der Waals surface area contributed by atoms with Gasteiger partial charge in [-0.05, 0) is 36.5 Å². The Bertz CT molecular complexity index is 1170. The van der Waals surface area contributed by atoms with E-state index in [1.165, 1.54) is 34.7 Å². The third-order valence-corrected chi connectivity index (χ3v) is 5.52. The first-order valence-corrected chi connectivity index (χ1v) is 9.43. The van der Waals surface area contributed by atoms with Gasteiger partial charge in [-0.15, -0.1) is 0 Å². The molecule has 1 aromatic heterocycles. The van der Waals surface area contributed by atoms with Crippen molar-refractivity contribution < 1.29 is 9.72 Å². The van der Waals surface area contributed by atoms with Crippen LogP contribution in [0.25, 0.3) is 10.9 Å². The minimum Gasteiger partial charge on any atom is -0.337 e. The molecule has 1 atom stereocenters. The van der Waals surface area contributed by atoms with E-state index >= 15 is 0 Å². The Hall–Kier alpha value is -3.55. The fourth-order valence-corrected chi connectivity index (χ4v) is 3.93. The molecule has 0 saturated carbocycles. The maximum atomic E-state index is 12.9. The lowest BCUT2D eigenvalue weighted by atomic mass is 9.87. The highest BCUT2D eigenvalue weighted by atomic mass is 16.6. The summed E-state index contributed by atoms with van der Waals surface area (Å²) in [6, 6.07) is 12.0. The van der Waals surface area contributed by atoms with Crippen molar-refractivity contribution in [3.63, 3.8) is 0 Å². The van der Waals surface area contributed by atoms with Crippen molar-refractivity contribution in [2.75, 3.05) is 7.05 Å². The van der Waals surface area contributed by atoms with Gasteiger partial charge >= 0.3 is 0 Å². The summed E-state index contributed by atoms with van der Waals surface area (Å²) in [6.45, 7) is -0.167. The number of carbonyl (C=O) groups excluding carboxylic acids is 1. The Morgan fingerprint density at radius 3 is 2.90 bits per heavy atom. The molecule has 148 valence electrons. The van der Waals surface area contributed by atoms with Gasteiger partial charge < -0.3 is 4.90 Å². The molecular weight excluding hydrogens is 372 g/mol. The second kappa shape index (κ2) is 7.46. The molecule has 0 N–H and O–H groups in total. The van der Waals surface area contributed by atoms with Crippen LogP contribution in [0.2, 0.25) is 0 Å². The number of aryl methyl sites for hydroxylation is 1. The summed E-state index contributed by atoms with van der Waals surface area (Å²) < 4.78 is 1.21. The number of nitro groups is 1. The van der Waals surface area contributed by atoms with Crippen molar-refractivity contribution >= 4 is 22.5 Å². The van der Waals surface area contributed by atoms with Gasteiger partial charge in [0.1, 0.15) is 6.54 Å². The van der Waals surface area contributed by atoms with Crippen LogP contribution in [0.5, 0.6) is 0 Å². The summed E-state index contributed by atoms with van der Waals surface area (Å²) in [6.07, 6.45) is 4.19. The fraction of sp³-hybridized carbons (Fsp3) is 0.286. The maximum Gasteiger partial charge on any atom is 0.270 e. The molecule has 1 aliphatic rings. The number of nitro benzene ring substituents is 1. The number of likely N-dealkylation sites (N-methyl/N-ethyl adjacent to an activating group) is 1. The van der Waals surface area contributed by atoms with Crippen molar-refractivity contribution in [2.24, 2.45) is 0 Å². The van der Waals surface area contributed by atoms with Crippen molar-refractivity contribution in [3.8, 4) is 0 Å². The number of fused-ring (bicyclic) bond motifs is 2. The highest BCUT2D eigenvalue weighted by Gasteiger charge is 2.26. The standard InChI is InChI=1S/C21H20N4O4/c1-23(19-8-4-6-14-5-2-3-7-16(14)19)20(26)12-24-13-22-18-10-9-15(25(28)29)11-17(18)21(24)27/h2-3,5,7,9-11,13,19H,4,6,8,12H2,1H3. The van der Waals surface area contributed by atoms with E-state index < -0.39 is 10.5 Å². The third-order valence-electron chi connectivity index (χ3n) is 5.52. The number of benzene rings is 2. The molecular formula is C21H20N4O4. The lowest BCUT2D eigenvalue weighted by Crippen LogP contribution is -2.37. The molecule has 0 radical (unpaired) electrons. The predicted octanol–water partition coefficient (Wildman–Crippen LogP) is 2.84. The van der Waals surface area contributed by atoms with E-state index in [4.69, 9.17) is 0 Å². The summed E-state index contributed by atoms with van der Waals surface area (Å²) in [5.74, 6) is -0.208. The van der Waals surface area contributed by atoms with Crippen LogP contribution in [0.1, 0.15) is 30.0 Å². The molecule has 0 spiro atoms. The monoisotopic (exact) mass is 392 g/mol. The number of nitrogens with zero attached hydrogens (tertiary/aromatic N) is 4. The molecule has 0 fully saturated rings. The first-order chi connectivity index (χ1) is 14.0. The van der Waals surface area contributed by atoms with Gasteiger partial charge in [-0.3, -0.25) is 24.3 Å². The Labute approximate surface area is 166 Å². The topological polar surface area (TPSA) is 98.3 Å². The highest BCUT2D eigenvalue weighted by molar-refractivity contribution is 5.81. The van der Waals surface area contributed by atoms with Gasteiger partial charge in [-0.1, -0.05) is 24.3 Å². The SMILES string of the molecule is CN(C(=O)Cn1cnc2ccc([N+](=O)[O-])cc2c1=O)C1CCCc2ccccc21. The Balaban J connectivity index is 1.62. The minimum atomic E-state index is -0.560. The Morgan fingerprint density at radius 2 is 2.10 bits per heavy atom. The smallest absolute Gasteiger partial charge is 0.270 e. The fourth-order valence-electron chi connectivity index (χ4n) is 3.93. The maximum absolute atomic E-state index is 12.9. The summed E-state index contributed by atoms with van der Waals surface area (Å²) >= 11 is 0. The second-order valence-electron chi connectivity index (χ2n) is 7.25. The van der Waals surface area contributed by atoms with E-state index in [1.807, 2.05) is 18.2 Å². The normalized spacial score (nSPS) is 15.7. The van der Waals surface area contributed by atoms with Crippen LogP contribution in [0.3, 0.4) is 0 Å². The molecule has 8 heteroatoms. The van der Waals surface area contributed by atoms with E-state index in [2.05, 4.69) is 11.1 Å². The summed E-state index contributed by atoms with van der Waals surface area (Å²) in [5.41, 5.74) is 2.11. The number of carbonyl (C=O) groups is 1. The molecule has 0 aliphatic heterocycles. The van der Waals surface area contributed by atoms with E-state index in [-0.39, 0.29) is 29.6 Å². The van der Waals surface area contributed by atoms with Gasteiger partial charge in [0.15, 0.2) is 0 Å². The third kappa shape index (κ3) is 3.49. The average molecular weight is 392 g/mol. The molecule has 0 bridgehead atoms. The van der Waals surface area contributed by atoms with E-state index in [1.54, 1.807) is 11.9 Å². The van der Waals surface area contributed by atoms with Gasteiger partial charge in [0.2, 0.25) is 5.91 Å². The second-order valence-corrected chi connectivity index (χ2v) is 7.25. The van der Waals surface area contributed by atoms with Crippen molar-refractivity contribution in [1.82, 2.24) is 14.5 Å². The van der Waals surface area contributed by atoms with Crippen molar-refractivity contribution in [1.29, 1.82) is 0 Å². The van der Waals surface area contributed by atoms with Crippen LogP contribution < -0.4 is 5.56 Å². The highest BCUT2D eigenvalue weighted by Crippen LogP contribution is 2.33. The Kier molecular flexibility index (Phi) is 4.84. The molecule has 0 saturated heterocycles. The zero-order chi connectivity index (χ0) is 20.5. The minimum absolute atomic E-state index is 0.0299. The van der Waals surface area contributed by atoms with Crippen LogP contribution in [0, 0.1) is 10.1 Å². The zero-order valence-corrected chi connectivity index (χ0v) is 15.9. The summed E-state index contributed by atoms with van der Waals surface area (Å²) in [5, 5.41) is 11.1. The zero-order valence-electron chi connectivity index (χ0n) is 15.9. The van der Waals surface area contributed by atoms with E-state index in [9.17, 15) is 19.7 Å². The molecule has 1 heterocycles. The van der Waals surface area contributed by atoms with Crippen LogP contribution in [0.15, 0.2) is 53.6 Å². The van der Waals surface area contributed by atoms with Gasteiger partial charge in [0.05, 0.1) is 28.2 Å². The van der Waals surface area contributed by atoms with Crippen molar-refractivity contribution in [3.05, 3.63) is 80.4 Å². The van der Waals surface area contributed by atoms with Crippen LogP contribution in [0.4, 0.5) is 5.69 Å². The number of non-ortho nitro benzene ring substituents is 1. The van der Waals surface area contributed by atoms with Gasteiger partial charge in [0, 0.05) is 19.2 Å². The molecule has 2 aromatic carbocycles. The first kappa shape index (κ1) is 18.8. The van der Waals surface area contributed by atoms with Crippen LogP contribution >= 0.6 is 0 Å². The number of aromatic nitrogens is 2. The van der Waals surface area contributed by atoms with E-state index in [0.29, 0.717) is 5.52 Å². The number of hydrogen-bond donors (Lipinski definition) is 0. The van der Waals surface area contributed by atoms with E-state index in [0.717, 1.165) is 24.8 Å². The Morgan fingerprint density at radius 1 is 1.31 bits per heavy atom. The number of rotatable bonds is 4. The van der Waals surface area contributed by atoms with Gasteiger partial charge in [-0.2, -0.15) is 0 Å². The summed E-state index contributed by atoms with van der Waals surface area (Å²) in [4.78, 5) is 42.0. The lowest BCUT2D eigenvalue weighted by molar-refractivity contribution is -0.384. The summed E-state index contributed by atoms with van der Waals surface area (Å²) in [7, 11) is 1.75. The van der Waals surface area contributed by atoms with Gasteiger partial charge in [0.25, 0.3) is 11.2 Å². The molecule has 4 rings (SSSR count). The first-order valence-electron chi connectivity index (χ1n) is 9.43. The quantitative estimate of drug-likeness (QED) is 0.502. The molecule has 1 aliphatic carbocycles. The average Bonchev–Trinajstić information content (AvgIpc) is 2.74. The molecule has 1 unspecified atom stereocenters. The largest absolute Gasteiger partial charge is 0.337 e. The van der Waals surface area contributed by atoms with Crippen LogP contribution in [-0.2, 0) is 17.8 Å². The van der Waals surface area contributed by atoms with Gasteiger partial charge in [-0.25, -0.2) is 4.98 Å². The lowest BCUT2D eigenvalue weighted by Gasteiger charge is -2.33. The molecule has 3 aromatic rings. The number of hydrogen-bond acceptors (Lipinski definition) is 5. The molecule has 29 heavy (non-hydrogen) atoms. The molecule has 8 nitrogen and oxygen atoms in total. The number of amides is 1. The molecule has 1 amide bonds. The van der Waals surface area contributed by atoms with Crippen molar-refractivity contribution in [2.45, 2.75) is 31.8 Å².